The van der Waals surface area contributed by atoms with Crippen LogP contribution in [0.15, 0.2) is 12.4 Å². The number of hydrogen-bond donors (Lipinski definition) is 0. The van der Waals surface area contributed by atoms with E-state index in [0.717, 1.165) is 5.82 Å². The number of rotatable bonds is 5. The van der Waals surface area contributed by atoms with Gasteiger partial charge in [0.15, 0.2) is 11.5 Å². The standard InChI is InChI=1S/C10H14N6O2/c1-15(5-3-4-10(17)18-2)9-7-11-6-8-12-13-14-16(8)9/h6-7H,3-5H2,1-2H3. The first kappa shape index (κ1) is 12.2. The molecule has 0 bridgehead atoms. The average molecular weight is 250 g/mol. The van der Waals surface area contributed by atoms with Crippen LogP contribution in [0.3, 0.4) is 0 Å². The minimum absolute atomic E-state index is 0.206. The fourth-order valence-electron chi connectivity index (χ4n) is 1.60. The zero-order valence-electron chi connectivity index (χ0n) is 10.3. The molecule has 0 aliphatic carbocycles. The number of hydrogen-bond acceptors (Lipinski definition) is 7. The number of anilines is 1. The molecule has 0 aliphatic rings. The van der Waals surface area contributed by atoms with Crippen LogP contribution in [-0.4, -0.2) is 51.7 Å². The monoisotopic (exact) mass is 250 g/mol. The van der Waals surface area contributed by atoms with Gasteiger partial charge in [-0.1, -0.05) is 0 Å². The van der Waals surface area contributed by atoms with E-state index in [4.69, 9.17) is 0 Å². The highest BCUT2D eigenvalue weighted by atomic mass is 16.5. The lowest BCUT2D eigenvalue weighted by Gasteiger charge is -2.18. The molecule has 8 nitrogen and oxygen atoms in total. The van der Waals surface area contributed by atoms with Gasteiger partial charge in [0, 0.05) is 20.0 Å². The molecule has 0 saturated carbocycles. The first-order valence-corrected chi connectivity index (χ1v) is 5.52. The van der Waals surface area contributed by atoms with E-state index < -0.39 is 0 Å². The quantitative estimate of drug-likeness (QED) is 0.685. The van der Waals surface area contributed by atoms with Gasteiger partial charge in [0.2, 0.25) is 0 Å². The van der Waals surface area contributed by atoms with Crippen molar-refractivity contribution in [3.05, 3.63) is 12.4 Å². The molecule has 0 aliphatic heterocycles. The molecule has 96 valence electrons. The van der Waals surface area contributed by atoms with Crippen molar-refractivity contribution in [1.82, 2.24) is 25.0 Å². The summed E-state index contributed by atoms with van der Waals surface area (Å²) in [6, 6.07) is 0. The minimum atomic E-state index is -0.206. The van der Waals surface area contributed by atoms with Gasteiger partial charge >= 0.3 is 5.97 Å². The second-order valence-electron chi connectivity index (χ2n) is 3.82. The molecule has 0 N–H and O–H groups in total. The van der Waals surface area contributed by atoms with Gasteiger partial charge in [0.05, 0.1) is 19.5 Å². The van der Waals surface area contributed by atoms with Crippen LogP contribution in [0, 0.1) is 0 Å². The molecule has 2 rings (SSSR count). The van der Waals surface area contributed by atoms with E-state index in [1.807, 2.05) is 11.9 Å². The number of tetrazole rings is 1. The van der Waals surface area contributed by atoms with Gasteiger partial charge in [0.1, 0.15) is 0 Å². The predicted octanol–water partition coefficient (Wildman–Crippen LogP) is -0.0913. The van der Waals surface area contributed by atoms with Gasteiger partial charge in [0.25, 0.3) is 0 Å². The highest BCUT2D eigenvalue weighted by Gasteiger charge is 2.09. The molecule has 0 aromatic carbocycles. The highest BCUT2D eigenvalue weighted by Crippen LogP contribution is 2.11. The summed E-state index contributed by atoms with van der Waals surface area (Å²) < 4.78 is 6.19. The fraction of sp³-hybridized carbons (Fsp3) is 0.500. The summed E-state index contributed by atoms with van der Waals surface area (Å²) in [6.07, 6.45) is 4.36. The normalized spacial score (nSPS) is 10.6. The van der Waals surface area contributed by atoms with Crippen molar-refractivity contribution in [3.63, 3.8) is 0 Å². The SMILES string of the molecule is COC(=O)CCCN(C)c1cncc2nnnn12. The average Bonchev–Trinajstić information content (AvgIpc) is 2.86. The Bertz CT molecular complexity index is 540. The molecule has 8 heteroatoms. The summed E-state index contributed by atoms with van der Waals surface area (Å²) in [6.45, 7) is 0.690. The van der Waals surface area contributed by atoms with Crippen LogP contribution < -0.4 is 4.90 Å². The molecule has 0 radical (unpaired) electrons. The minimum Gasteiger partial charge on any atom is -0.469 e. The van der Waals surface area contributed by atoms with Crippen LogP contribution in [0.1, 0.15) is 12.8 Å². The zero-order chi connectivity index (χ0) is 13.0. The van der Waals surface area contributed by atoms with Crippen LogP contribution in [0.5, 0.6) is 0 Å². The first-order valence-electron chi connectivity index (χ1n) is 5.52. The molecule has 0 fully saturated rings. The van der Waals surface area contributed by atoms with Gasteiger partial charge in [-0.05, 0) is 16.8 Å². The first-order chi connectivity index (χ1) is 8.72. The summed E-state index contributed by atoms with van der Waals surface area (Å²) in [4.78, 5) is 17.0. The van der Waals surface area contributed by atoms with Crippen molar-refractivity contribution in [3.8, 4) is 0 Å². The number of nitrogens with zero attached hydrogens (tertiary/aromatic N) is 6. The Morgan fingerprint density at radius 1 is 1.50 bits per heavy atom. The van der Waals surface area contributed by atoms with E-state index >= 15 is 0 Å². The topological polar surface area (TPSA) is 85.5 Å². The predicted molar refractivity (Wildman–Crippen MR) is 63.1 cm³/mol. The Morgan fingerprint density at radius 2 is 2.33 bits per heavy atom. The lowest BCUT2D eigenvalue weighted by Crippen LogP contribution is -2.22. The molecule has 2 aromatic heterocycles. The van der Waals surface area contributed by atoms with Gasteiger partial charge in [-0.25, -0.2) is 0 Å². The molecule has 0 unspecified atom stereocenters. The lowest BCUT2D eigenvalue weighted by atomic mass is 10.3. The molecule has 0 saturated heterocycles. The van der Waals surface area contributed by atoms with E-state index in [0.29, 0.717) is 25.0 Å². The summed E-state index contributed by atoms with van der Waals surface area (Å²) in [5.41, 5.74) is 0.590. The number of ether oxygens (including phenoxy) is 1. The van der Waals surface area contributed by atoms with E-state index in [1.54, 1.807) is 16.9 Å². The molecule has 0 spiro atoms. The van der Waals surface area contributed by atoms with E-state index in [-0.39, 0.29) is 5.97 Å². The highest BCUT2D eigenvalue weighted by molar-refractivity contribution is 5.69. The lowest BCUT2D eigenvalue weighted by molar-refractivity contribution is -0.140. The number of aromatic nitrogens is 5. The molecule has 0 atom stereocenters. The van der Waals surface area contributed by atoms with Crippen LogP contribution in [0.4, 0.5) is 5.82 Å². The summed E-state index contributed by atoms with van der Waals surface area (Å²) in [7, 11) is 3.28. The molecular formula is C10H14N6O2. The van der Waals surface area contributed by atoms with Crippen LogP contribution >= 0.6 is 0 Å². The van der Waals surface area contributed by atoms with E-state index in [2.05, 4.69) is 25.2 Å². The number of methoxy groups -OCH3 is 1. The summed E-state index contributed by atoms with van der Waals surface area (Å²) in [5.74, 6) is 0.574. The number of carbonyl (C=O) groups is 1. The van der Waals surface area contributed by atoms with E-state index in [9.17, 15) is 4.79 Å². The second-order valence-corrected chi connectivity index (χ2v) is 3.82. The van der Waals surface area contributed by atoms with Crippen molar-refractivity contribution >= 4 is 17.4 Å². The molecule has 0 amide bonds. The molecule has 2 heterocycles. The third-order valence-electron chi connectivity index (χ3n) is 2.58. The smallest absolute Gasteiger partial charge is 0.305 e. The maximum atomic E-state index is 11.0. The van der Waals surface area contributed by atoms with Gasteiger partial charge in [-0.2, -0.15) is 4.52 Å². The maximum absolute atomic E-state index is 11.0. The third-order valence-corrected chi connectivity index (χ3v) is 2.58. The van der Waals surface area contributed by atoms with Gasteiger partial charge in [-0.15, -0.1) is 5.10 Å². The van der Waals surface area contributed by atoms with Gasteiger partial charge < -0.3 is 9.64 Å². The Morgan fingerprint density at radius 3 is 3.11 bits per heavy atom. The van der Waals surface area contributed by atoms with Crippen molar-refractivity contribution in [2.45, 2.75) is 12.8 Å². The van der Waals surface area contributed by atoms with Crippen molar-refractivity contribution < 1.29 is 9.53 Å². The maximum Gasteiger partial charge on any atom is 0.305 e. The zero-order valence-corrected chi connectivity index (χ0v) is 10.3. The fourth-order valence-corrected chi connectivity index (χ4v) is 1.60. The van der Waals surface area contributed by atoms with Crippen molar-refractivity contribution in [1.29, 1.82) is 0 Å². The Balaban J connectivity index is 2.02. The number of carbonyl (C=O) groups excluding carboxylic acids is 1. The summed E-state index contributed by atoms with van der Waals surface area (Å²) >= 11 is 0. The molecular weight excluding hydrogens is 236 g/mol. The van der Waals surface area contributed by atoms with Crippen molar-refractivity contribution in [2.24, 2.45) is 0 Å². The van der Waals surface area contributed by atoms with Crippen LogP contribution in [-0.2, 0) is 9.53 Å². The Kier molecular flexibility index (Phi) is 3.66. The third kappa shape index (κ3) is 2.53. The van der Waals surface area contributed by atoms with Crippen LogP contribution in [0.25, 0.3) is 5.65 Å². The van der Waals surface area contributed by atoms with E-state index in [1.165, 1.54) is 7.11 Å². The Labute approximate surface area is 104 Å². The van der Waals surface area contributed by atoms with Crippen LogP contribution in [0.2, 0.25) is 0 Å². The van der Waals surface area contributed by atoms with Crippen molar-refractivity contribution in [2.75, 3.05) is 25.6 Å². The number of esters is 1. The Hall–Kier alpha value is -2.25. The number of fused-ring (bicyclic) bond motifs is 1. The van der Waals surface area contributed by atoms with Gasteiger partial charge in [-0.3, -0.25) is 9.78 Å². The second kappa shape index (κ2) is 5.39. The largest absolute Gasteiger partial charge is 0.469 e. The molecule has 2 aromatic rings. The summed E-state index contributed by atoms with van der Waals surface area (Å²) in [5, 5.41) is 11.3. The molecule has 18 heavy (non-hydrogen) atoms.